The van der Waals surface area contributed by atoms with Crippen LogP contribution in [-0.4, -0.2) is 0 Å². The van der Waals surface area contributed by atoms with Crippen molar-refractivity contribution in [3.63, 3.8) is 0 Å². The van der Waals surface area contributed by atoms with E-state index in [1.165, 1.54) is 77.9 Å². The van der Waals surface area contributed by atoms with Crippen molar-refractivity contribution in [1.29, 1.82) is 0 Å². The SMILES string of the molecule is c1ccc(-c2ccc(-c3ccc(N(c4ccc(-c5ccc6c(c5)-c5ccccc5C65c6ccccc6Oc6ccccc65)cc4)c4ccc(-c5ccc6c(c5)C5(c7ccccc7Oc7ccccc75)c5ccccc5-6)cc4)cc3)cc2)cc1. The maximum Gasteiger partial charge on any atom is 0.132 e. The number of hydrogen-bond acceptors (Lipinski definition) is 3. The number of fused-ring (bicyclic) bond motifs is 18. The summed E-state index contributed by atoms with van der Waals surface area (Å²) in [7, 11) is 0. The van der Waals surface area contributed by atoms with Gasteiger partial charge in [0.05, 0.1) is 10.8 Å². The topological polar surface area (TPSA) is 21.7 Å². The molecular weight excluding hydrogens is 1010 g/mol. The van der Waals surface area contributed by atoms with Gasteiger partial charge >= 0.3 is 0 Å². The lowest BCUT2D eigenvalue weighted by Crippen LogP contribution is -2.32. The molecule has 2 spiro atoms. The van der Waals surface area contributed by atoms with Crippen LogP contribution >= 0.6 is 0 Å². The van der Waals surface area contributed by atoms with Crippen molar-refractivity contribution in [2.45, 2.75) is 10.8 Å². The molecule has 2 aliphatic carbocycles. The molecule has 3 heteroatoms. The predicted octanol–water partition coefficient (Wildman–Crippen LogP) is 20.8. The Hall–Kier alpha value is -10.7. The summed E-state index contributed by atoms with van der Waals surface area (Å²) in [6, 6.07) is 113. The Morgan fingerprint density at radius 3 is 0.940 bits per heavy atom. The maximum atomic E-state index is 6.65. The van der Waals surface area contributed by atoms with Gasteiger partial charge in [-0.15, -0.1) is 0 Å². The van der Waals surface area contributed by atoms with E-state index >= 15 is 0 Å². The Morgan fingerprint density at radius 2 is 0.482 bits per heavy atom. The van der Waals surface area contributed by atoms with E-state index in [9.17, 15) is 0 Å². The van der Waals surface area contributed by atoms with E-state index in [2.05, 4.69) is 314 Å². The minimum atomic E-state index is -0.540. The van der Waals surface area contributed by atoms with E-state index in [1.807, 2.05) is 0 Å². The summed E-state index contributed by atoms with van der Waals surface area (Å²) >= 11 is 0. The smallest absolute Gasteiger partial charge is 0.132 e. The zero-order valence-corrected chi connectivity index (χ0v) is 45.2. The summed E-state index contributed by atoms with van der Waals surface area (Å²) in [6.07, 6.45) is 0. The van der Waals surface area contributed by atoms with Crippen LogP contribution in [0.4, 0.5) is 17.1 Å². The van der Waals surface area contributed by atoms with Crippen LogP contribution in [0.3, 0.4) is 0 Å². The Morgan fingerprint density at radius 1 is 0.193 bits per heavy atom. The van der Waals surface area contributed by atoms with Gasteiger partial charge in [-0.3, -0.25) is 0 Å². The molecule has 0 saturated carbocycles. The molecule has 83 heavy (non-hydrogen) atoms. The number of rotatable bonds is 7. The van der Waals surface area contributed by atoms with Crippen molar-refractivity contribution < 1.29 is 9.47 Å². The molecule has 0 aromatic heterocycles. The fourth-order valence-electron chi connectivity index (χ4n) is 14.4. The minimum Gasteiger partial charge on any atom is -0.457 e. The fourth-order valence-corrected chi connectivity index (χ4v) is 14.4. The molecular formula is C80H51NO2. The molecule has 0 N–H and O–H groups in total. The quantitative estimate of drug-likeness (QED) is 0.159. The molecule has 388 valence electrons. The van der Waals surface area contributed by atoms with Crippen LogP contribution in [0.1, 0.15) is 44.5 Å². The summed E-state index contributed by atoms with van der Waals surface area (Å²) in [5, 5.41) is 0. The lowest BCUT2D eigenvalue weighted by atomic mass is 9.66. The van der Waals surface area contributed by atoms with E-state index in [4.69, 9.17) is 9.47 Å². The first kappa shape index (κ1) is 47.1. The highest BCUT2D eigenvalue weighted by atomic mass is 16.5. The van der Waals surface area contributed by atoms with Gasteiger partial charge < -0.3 is 14.4 Å². The summed E-state index contributed by atoms with van der Waals surface area (Å²) in [5.74, 6) is 3.59. The molecule has 0 saturated heterocycles. The van der Waals surface area contributed by atoms with E-state index < -0.39 is 10.8 Å². The molecule has 17 rings (SSSR count). The van der Waals surface area contributed by atoms with Crippen molar-refractivity contribution in [2.24, 2.45) is 0 Å². The van der Waals surface area contributed by atoms with Gasteiger partial charge in [-0.25, -0.2) is 0 Å². The summed E-state index contributed by atoms with van der Waals surface area (Å²) in [4.78, 5) is 2.38. The third kappa shape index (κ3) is 6.98. The Balaban J connectivity index is 0.756. The van der Waals surface area contributed by atoms with Crippen LogP contribution in [0.25, 0.3) is 66.8 Å². The first-order valence-corrected chi connectivity index (χ1v) is 28.6. The van der Waals surface area contributed by atoms with Crippen molar-refractivity contribution in [2.75, 3.05) is 4.90 Å². The largest absolute Gasteiger partial charge is 0.457 e. The second kappa shape index (κ2) is 18.4. The molecule has 0 unspecified atom stereocenters. The average Bonchev–Trinajstić information content (AvgIpc) is 1.75. The van der Waals surface area contributed by atoms with Gasteiger partial charge in [-0.05, 0) is 162 Å². The summed E-state index contributed by atoms with van der Waals surface area (Å²) in [5.41, 5.74) is 26.3. The lowest BCUT2D eigenvalue weighted by Gasteiger charge is -2.39. The van der Waals surface area contributed by atoms with Crippen molar-refractivity contribution in [3.8, 4) is 89.8 Å². The molecule has 3 nitrogen and oxygen atoms in total. The first-order chi connectivity index (χ1) is 41.1. The number of para-hydroxylation sites is 4. The molecule has 0 amide bonds. The number of anilines is 3. The van der Waals surface area contributed by atoms with Gasteiger partial charge in [0.15, 0.2) is 0 Å². The highest BCUT2D eigenvalue weighted by molar-refractivity contribution is 5.93. The Labute approximate surface area is 483 Å². The first-order valence-electron chi connectivity index (χ1n) is 28.6. The molecule has 0 radical (unpaired) electrons. The number of hydrogen-bond donors (Lipinski definition) is 0. The van der Waals surface area contributed by atoms with Gasteiger partial charge in [0.2, 0.25) is 0 Å². The molecule has 0 bridgehead atoms. The molecule has 13 aromatic rings. The molecule has 13 aromatic carbocycles. The molecule has 0 atom stereocenters. The van der Waals surface area contributed by atoms with Crippen LogP contribution in [0.15, 0.2) is 309 Å². The van der Waals surface area contributed by atoms with Gasteiger partial charge in [0.1, 0.15) is 23.0 Å². The van der Waals surface area contributed by atoms with Crippen LogP contribution < -0.4 is 14.4 Å². The molecule has 4 aliphatic rings. The maximum absolute atomic E-state index is 6.65. The second-order valence-electron chi connectivity index (χ2n) is 22.2. The van der Waals surface area contributed by atoms with Crippen molar-refractivity contribution in [1.82, 2.24) is 0 Å². The highest BCUT2D eigenvalue weighted by Crippen LogP contribution is 2.64. The Kier molecular flexibility index (Phi) is 10.4. The lowest BCUT2D eigenvalue weighted by molar-refractivity contribution is 0.436. The molecule has 2 heterocycles. The van der Waals surface area contributed by atoms with E-state index in [0.717, 1.165) is 73.4 Å². The fraction of sp³-hybridized carbons (Fsp3) is 0.0250. The number of nitrogens with zero attached hydrogens (tertiary/aromatic N) is 1. The van der Waals surface area contributed by atoms with Crippen molar-refractivity contribution in [3.05, 3.63) is 354 Å². The summed E-state index contributed by atoms with van der Waals surface area (Å²) in [6.45, 7) is 0. The van der Waals surface area contributed by atoms with Crippen LogP contribution in [0.2, 0.25) is 0 Å². The second-order valence-corrected chi connectivity index (χ2v) is 22.2. The molecule has 2 aliphatic heterocycles. The van der Waals surface area contributed by atoms with Crippen LogP contribution in [0.5, 0.6) is 23.0 Å². The van der Waals surface area contributed by atoms with Gasteiger partial charge in [0.25, 0.3) is 0 Å². The zero-order valence-electron chi connectivity index (χ0n) is 45.2. The average molecular weight is 1060 g/mol. The van der Waals surface area contributed by atoms with Gasteiger partial charge in [0, 0.05) is 39.3 Å². The Bertz CT molecular complexity index is 4620. The van der Waals surface area contributed by atoms with E-state index in [-0.39, 0.29) is 0 Å². The van der Waals surface area contributed by atoms with Gasteiger partial charge in [-0.1, -0.05) is 237 Å². The number of benzene rings is 13. The predicted molar refractivity (Wildman–Crippen MR) is 338 cm³/mol. The van der Waals surface area contributed by atoms with Crippen LogP contribution in [0, 0.1) is 0 Å². The van der Waals surface area contributed by atoms with Gasteiger partial charge in [-0.2, -0.15) is 0 Å². The van der Waals surface area contributed by atoms with E-state index in [0.29, 0.717) is 0 Å². The third-order valence-electron chi connectivity index (χ3n) is 18.1. The third-order valence-corrected chi connectivity index (χ3v) is 18.1. The highest BCUT2D eigenvalue weighted by Gasteiger charge is 2.52. The normalized spacial score (nSPS) is 13.7. The van der Waals surface area contributed by atoms with Crippen molar-refractivity contribution >= 4 is 17.1 Å². The molecule has 0 fully saturated rings. The van der Waals surface area contributed by atoms with E-state index in [1.54, 1.807) is 0 Å². The standard InChI is InChI=1S/C80H51NO2/c1-2-16-52(17-3-1)53-30-32-54(33-31-53)55-34-42-60(43-35-55)81(61-44-36-56(37-45-61)58-41-49-69-66(50-58)64-19-5-7-21-68(64)79(69)70-22-8-12-26-75(70)82-76-27-13-9-23-71(76)79)62-46-38-57(39-47-62)59-40-48-65-63-18-4-6-20-67(63)80(74(65)51-59)72-24-10-14-28-77(72)83-78-29-15-11-25-73(78)80/h1-51H. The van der Waals surface area contributed by atoms with Crippen LogP contribution in [-0.2, 0) is 10.8 Å². The monoisotopic (exact) mass is 1060 g/mol. The summed E-state index contributed by atoms with van der Waals surface area (Å²) < 4.78 is 13.3. The minimum absolute atomic E-state index is 0.505. The zero-order chi connectivity index (χ0) is 54.6. The number of ether oxygens (including phenoxy) is 2.